The number of hydrogen-bond acceptors (Lipinski definition) is 5. The highest BCUT2D eigenvalue weighted by molar-refractivity contribution is 7.13. The molecule has 1 atom stereocenters. The maximum Gasteiger partial charge on any atom is 0.266 e. The van der Waals surface area contributed by atoms with Crippen molar-refractivity contribution < 1.29 is 9.53 Å². The first kappa shape index (κ1) is 16.5. The van der Waals surface area contributed by atoms with Crippen LogP contribution < -0.4 is 4.74 Å². The Labute approximate surface area is 152 Å². The Morgan fingerprint density at radius 3 is 2.88 bits per heavy atom. The summed E-state index contributed by atoms with van der Waals surface area (Å²) in [4.78, 5) is 22.5. The zero-order chi connectivity index (χ0) is 17.2. The molecule has 4 rings (SSSR count). The Kier molecular flexibility index (Phi) is 4.72. The summed E-state index contributed by atoms with van der Waals surface area (Å²) in [5.74, 6) is 0.937. The number of rotatable bonds is 5. The van der Waals surface area contributed by atoms with E-state index in [4.69, 9.17) is 4.74 Å². The maximum absolute atomic E-state index is 12.9. The molecule has 5 nitrogen and oxygen atoms in total. The summed E-state index contributed by atoms with van der Waals surface area (Å²) in [6.07, 6.45) is 5.29. The van der Waals surface area contributed by atoms with Crippen LogP contribution in [0.25, 0.3) is 0 Å². The van der Waals surface area contributed by atoms with Crippen molar-refractivity contribution in [1.82, 2.24) is 14.8 Å². The summed E-state index contributed by atoms with van der Waals surface area (Å²) in [6.45, 7) is 3.97. The predicted octanol–water partition coefficient (Wildman–Crippen LogP) is 3.33. The van der Waals surface area contributed by atoms with Crippen LogP contribution in [0.5, 0.6) is 5.75 Å². The van der Waals surface area contributed by atoms with Crippen LogP contribution in [0, 0.1) is 0 Å². The molecular weight excluding hydrogens is 334 g/mol. The zero-order valence-corrected chi connectivity index (χ0v) is 15.3. The van der Waals surface area contributed by atoms with Gasteiger partial charge in [0.1, 0.15) is 15.6 Å². The van der Waals surface area contributed by atoms with E-state index in [-0.39, 0.29) is 11.9 Å². The van der Waals surface area contributed by atoms with Crippen molar-refractivity contribution in [2.24, 2.45) is 0 Å². The number of amides is 1. The van der Waals surface area contributed by atoms with Crippen molar-refractivity contribution >= 4 is 17.2 Å². The molecule has 2 aliphatic heterocycles. The number of thiazole rings is 1. The molecule has 0 bridgehead atoms. The zero-order valence-electron chi connectivity index (χ0n) is 14.5. The lowest BCUT2D eigenvalue weighted by Gasteiger charge is -2.41. The first-order chi connectivity index (χ1) is 12.2. The quantitative estimate of drug-likeness (QED) is 0.823. The SMILES string of the molecule is COc1cccc([C@@H]2CCN2C(=O)c2cnc(CN3CCCC3)s2)c1. The van der Waals surface area contributed by atoms with E-state index in [2.05, 4.69) is 16.0 Å². The molecule has 0 spiro atoms. The minimum absolute atomic E-state index is 0.101. The van der Waals surface area contributed by atoms with Crippen LogP contribution in [0.4, 0.5) is 0 Å². The second-order valence-corrected chi connectivity index (χ2v) is 7.80. The molecule has 25 heavy (non-hydrogen) atoms. The minimum Gasteiger partial charge on any atom is -0.497 e. The summed E-state index contributed by atoms with van der Waals surface area (Å²) in [5.41, 5.74) is 1.14. The largest absolute Gasteiger partial charge is 0.497 e. The highest BCUT2D eigenvalue weighted by Crippen LogP contribution is 2.36. The van der Waals surface area contributed by atoms with E-state index in [9.17, 15) is 4.79 Å². The molecule has 3 heterocycles. The third-order valence-electron chi connectivity index (χ3n) is 5.08. The third kappa shape index (κ3) is 3.41. The fourth-order valence-corrected chi connectivity index (χ4v) is 4.50. The summed E-state index contributed by atoms with van der Waals surface area (Å²) in [7, 11) is 1.67. The van der Waals surface area contributed by atoms with Gasteiger partial charge >= 0.3 is 0 Å². The van der Waals surface area contributed by atoms with Gasteiger partial charge in [0, 0.05) is 6.54 Å². The van der Waals surface area contributed by atoms with Gasteiger partial charge < -0.3 is 9.64 Å². The third-order valence-corrected chi connectivity index (χ3v) is 6.05. The maximum atomic E-state index is 12.9. The van der Waals surface area contributed by atoms with E-state index in [1.165, 1.54) is 12.8 Å². The summed E-state index contributed by atoms with van der Waals surface area (Å²) >= 11 is 1.54. The van der Waals surface area contributed by atoms with Crippen LogP contribution in [0.1, 0.15) is 45.5 Å². The number of aromatic nitrogens is 1. The van der Waals surface area contributed by atoms with Crippen molar-refractivity contribution in [2.75, 3.05) is 26.7 Å². The molecule has 2 fully saturated rings. The van der Waals surface area contributed by atoms with Gasteiger partial charge in [-0.05, 0) is 50.0 Å². The van der Waals surface area contributed by atoms with Gasteiger partial charge in [0.15, 0.2) is 0 Å². The fourth-order valence-electron chi connectivity index (χ4n) is 3.58. The van der Waals surface area contributed by atoms with Crippen molar-refractivity contribution in [3.8, 4) is 5.75 Å². The summed E-state index contributed by atoms with van der Waals surface area (Å²) in [5, 5.41) is 1.05. The van der Waals surface area contributed by atoms with Crippen LogP contribution in [0.15, 0.2) is 30.5 Å². The van der Waals surface area contributed by atoms with Gasteiger partial charge in [-0.3, -0.25) is 9.69 Å². The van der Waals surface area contributed by atoms with Gasteiger partial charge in [-0.2, -0.15) is 0 Å². The van der Waals surface area contributed by atoms with E-state index in [0.29, 0.717) is 0 Å². The van der Waals surface area contributed by atoms with Crippen molar-refractivity contribution in [3.05, 3.63) is 45.9 Å². The summed E-state index contributed by atoms with van der Waals surface area (Å²) < 4.78 is 5.30. The lowest BCUT2D eigenvalue weighted by Crippen LogP contribution is -2.44. The fraction of sp³-hybridized carbons (Fsp3) is 0.474. The number of nitrogens with zero attached hydrogens (tertiary/aromatic N) is 3. The van der Waals surface area contributed by atoms with Gasteiger partial charge in [0.25, 0.3) is 5.91 Å². The van der Waals surface area contributed by atoms with Crippen LogP contribution >= 0.6 is 11.3 Å². The molecule has 1 amide bonds. The Morgan fingerprint density at radius 2 is 2.16 bits per heavy atom. The molecule has 2 saturated heterocycles. The first-order valence-electron chi connectivity index (χ1n) is 8.86. The average Bonchev–Trinajstić information content (AvgIpc) is 3.26. The van der Waals surface area contributed by atoms with Gasteiger partial charge in [-0.1, -0.05) is 12.1 Å². The molecule has 0 unspecified atom stereocenters. The van der Waals surface area contributed by atoms with Gasteiger partial charge in [-0.15, -0.1) is 11.3 Å². The standard InChI is InChI=1S/C19H23N3O2S/c1-24-15-6-4-5-14(11-15)16-7-10-22(16)19(23)17-12-20-18(25-17)13-21-8-2-3-9-21/h4-6,11-12,16H,2-3,7-10,13H2,1H3/t16-/m0/s1. The van der Waals surface area contributed by atoms with Crippen LogP contribution in [-0.4, -0.2) is 47.4 Å². The van der Waals surface area contributed by atoms with Crippen LogP contribution in [-0.2, 0) is 6.54 Å². The number of methoxy groups -OCH3 is 1. The second-order valence-electron chi connectivity index (χ2n) is 6.68. The highest BCUT2D eigenvalue weighted by Gasteiger charge is 2.35. The number of carbonyl (C=O) groups excluding carboxylic acids is 1. The van der Waals surface area contributed by atoms with Crippen LogP contribution in [0.2, 0.25) is 0 Å². The van der Waals surface area contributed by atoms with Gasteiger partial charge in [0.05, 0.1) is 25.9 Å². The lowest BCUT2D eigenvalue weighted by molar-refractivity contribution is 0.0465. The van der Waals surface area contributed by atoms with Gasteiger partial charge in [0.2, 0.25) is 0 Å². The Balaban J connectivity index is 1.44. The molecule has 0 N–H and O–H groups in total. The van der Waals surface area contributed by atoms with Crippen molar-refractivity contribution in [1.29, 1.82) is 0 Å². The summed E-state index contributed by atoms with van der Waals surface area (Å²) in [6, 6.07) is 8.15. The normalized spacial score (nSPS) is 20.5. The van der Waals surface area contributed by atoms with Crippen LogP contribution in [0.3, 0.4) is 0 Å². The van der Waals surface area contributed by atoms with E-state index in [1.54, 1.807) is 24.6 Å². The average molecular weight is 357 g/mol. The number of hydrogen-bond donors (Lipinski definition) is 0. The van der Waals surface area contributed by atoms with Crippen molar-refractivity contribution in [3.63, 3.8) is 0 Å². The van der Waals surface area contributed by atoms with Crippen molar-refractivity contribution in [2.45, 2.75) is 31.8 Å². The molecule has 2 aromatic rings. The van der Waals surface area contributed by atoms with E-state index >= 15 is 0 Å². The number of likely N-dealkylation sites (tertiary alicyclic amines) is 2. The van der Waals surface area contributed by atoms with Gasteiger partial charge in [-0.25, -0.2) is 4.98 Å². The smallest absolute Gasteiger partial charge is 0.266 e. The molecular formula is C19H23N3O2S. The van der Waals surface area contributed by atoms with E-state index < -0.39 is 0 Å². The molecule has 0 aliphatic carbocycles. The molecule has 0 radical (unpaired) electrons. The Bertz CT molecular complexity index is 755. The Hall–Kier alpha value is -1.92. The molecule has 0 saturated carbocycles. The predicted molar refractivity (Wildman–Crippen MR) is 98.0 cm³/mol. The number of benzene rings is 1. The topological polar surface area (TPSA) is 45.7 Å². The van der Waals surface area contributed by atoms with E-state index in [1.807, 2.05) is 23.1 Å². The molecule has 6 heteroatoms. The molecule has 1 aromatic carbocycles. The highest BCUT2D eigenvalue weighted by atomic mass is 32.1. The molecule has 132 valence electrons. The lowest BCUT2D eigenvalue weighted by atomic mass is 9.94. The van der Waals surface area contributed by atoms with E-state index in [0.717, 1.165) is 53.8 Å². The Morgan fingerprint density at radius 1 is 1.32 bits per heavy atom. The second kappa shape index (κ2) is 7.14. The minimum atomic E-state index is 0.101. The number of ether oxygens (including phenoxy) is 1. The first-order valence-corrected chi connectivity index (χ1v) is 9.68. The number of carbonyl (C=O) groups is 1. The molecule has 2 aliphatic rings. The monoisotopic (exact) mass is 357 g/mol. The molecule has 1 aromatic heterocycles.